The van der Waals surface area contributed by atoms with Gasteiger partial charge in [0.15, 0.2) is 0 Å². The van der Waals surface area contributed by atoms with Crippen molar-refractivity contribution in [2.24, 2.45) is 0 Å². The van der Waals surface area contributed by atoms with E-state index in [-0.39, 0.29) is 0 Å². The summed E-state index contributed by atoms with van der Waals surface area (Å²) in [6.45, 7) is 0. The lowest BCUT2D eigenvalue weighted by molar-refractivity contribution is 0.0156. The van der Waals surface area contributed by atoms with Gasteiger partial charge in [-0.05, 0) is 25.3 Å². The normalized spacial score (nSPS) is 29.1. The number of ether oxygens (including phenoxy) is 1. The average molecular weight is 200 g/mol. The van der Waals surface area contributed by atoms with Gasteiger partial charge in [-0.25, -0.2) is 4.39 Å². The lowest BCUT2D eigenvalue weighted by atomic mass is 10.1. The molecular weight excluding hydrogens is 179 g/mol. The lowest BCUT2D eigenvalue weighted by Gasteiger charge is -2.06. The van der Waals surface area contributed by atoms with E-state index >= 15 is 0 Å². The van der Waals surface area contributed by atoms with E-state index in [1.54, 1.807) is 0 Å². The predicted molar refractivity (Wildman–Crippen MR) is 56.7 cm³/mol. The molecule has 0 aromatic carbocycles. The van der Waals surface area contributed by atoms with Crippen LogP contribution in [0.5, 0.6) is 0 Å². The van der Waals surface area contributed by atoms with Gasteiger partial charge in [-0.3, -0.25) is 0 Å². The molecule has 0 spiro atoms. The summed E-state index contributed by atoms with van der Waals surface area (Å²) in [7, 11) is 0. The van der Waals surface area contributed by atoms with Crippen molar-refractivity contribution in [2.45, 2.75) is 64.1 Å². The highest BCUT2D eigenvalue weighted by Gasteiger charge is 2.04. The number of rotatable bonds is 0. The molecule has 0 bridgehead atoms. The van der Waals surface area contributed by atoms with E-state index in [9.17, 15) is 4.39 Å². The third kappa shape index (κ3) is 6.01. The second kappa shape index (κ2) is 7.84. The molecule has 14 heavy (non-hydrogen) atoms. The van der Waals surface area contributed by atoms with Crippen LogP contribution < -0.4 is 0 Å². The first kappa shape index (κ1) is 11.5. The summed E-state index contributed by atoms with van der Waals surface area (Å²) in [6.07, 6.45) is 12.4. The minimum Gasteiger partial charge on any atom is -0.468 e. The van der Waals surface area contributed by atoms with Crippen LogP contribution in [0.15, 0.2) is 12.3 Å². The molecule has 0 saturated heterocycles. The standard InChI is InChI=1S/C12H21FO/c13-12-10-8-6-4-2-1-3-5-7-9-11-14-12/h9,11-12H,1-8,10H2/b11-9+. The van der Waals surface area contributed by atoms with Crippen molar-refractivity contribution in [1.82, 2.24) is 0 Å². The van der Waals surface area contributed by atoms with Gasteiger partial charge in [0.25, 0.3) is 0 Å². The molecule has 1 rings (SSSR count). The van der Waals surface area contributed by atoms with Crippen LogP contribution in [0, 0.1) is 0 Å². The molecule has 1 unspecified atom stereocenters. The van der Waals surface area contributed by atoms with Crippen LogP contribution in [-0.2, 0) is 4.74 Å². The molecule has 1 aliphatic rings. The van der Waals surface area contributed by atoms with Crippen LogP contribution in [0.1, 0.15) is 57.8 Å². The van der Waals surface area contributed by atoms with Gasteiger partial charge in [0, 0.05) is 6.42 Å². The SMILES string of the molecule is FC1CCCCCCCCC/C=C/O1. The number of hydrogen-bond donors (Lipinski definition) is 0. The molecule has 0 saturated carbocycles. The number of hydrogen-bond acceptors (Lipinski definition) is 1. The van der Waals surface area contributed by atoms with Gasteiger partial charge in [0.1, 0.15) is 0 Å². The zero-order valence-electron chi connectivity index (χ0n) is 8.88. The summed E-state index contributed by atoms with van der Waals surface area (Å²) in [5, 5.41) is 0. The fraction of sp³-hybridized carbons (Fsp3) is 0.833. The first-order valence-electron chi connectivity index (χ1n) is 5.84. The van der Waals surface area contributed by atoms with Gasteiger partial charge in [-0.15, -0.1) is 0 Å². The van der Waals surface area contributed by atoms with Gasteiger partial charge < -0.3 is 4.74 Å². The molecular formula is C12H21FO. The minimum absolute atomic E-state index is 0.546. The molecule has 1 aliphatic heterocycles. The molecule has 1 heterocycles. The van der Waals surface area contributed by atoms with Crippen molar-refractivity contribution in [3.05, 3.63) is 12.3 Å². The highest BCUT2D eigenvalue weighted by Crippen LogP contribution is 2.14. The number of allylic oxidation sites excluding steroid dienone is 1. The van der Waals surface area contributed by atoms with Gasteiger partial charge in [-0.2, -0.15) is 0 Å². The number of halogens is 1. The third-order valence-corrected chi connectivity index (χ3v) is 2.62. The van der Waals surface area contributed by atoms with E-state index < -0.39 is 6.36 Å². The van der Waals surface area contributed by atoms with Crippen LogP contribution in [0.25, 0.3) is 0 Å². The van der Waals surface area contributed by atoms with Crippen molar-refractivity contribution < 1.29 is 9.13 Å². The molecule has 1 nitrogen and oxygen atoms in total. The summed E-state index contributed by atoms with van der Waals surface area (Å²) in [5.74, 6) is 0. The minimum atomic E-state index is -1.09. The predicted octanol–water partition coefficient (Wildman–Crippen LogP) is 4.34. The molecule has 82 valence electrons. The van der Waals surface area contributed by atoms with Crippen molar-refractivity contribution in [3.8, 4) is 0 Å². The molecule has 0 N–H and O–H groups in total. The second-order valence-corrected chi connectivity index (χ2v) is 3.97. The summed E-state index contributed by atoms with van der Waals surface area (Å²) >= 11 is 0. The quantitative estimate of drug-likeness (QED) is 0.565. The maximum Gasteiger partial charge on any atom is 0.237 e. The Morgan fingerprint density at radius 3 is 2.36 bits per heavy atom. The highest BCUT2D eigenvalue weighted by molar-refractivity contribution is 4.73. The second-order valence-electron chi connectivity index (χ2n) is 3.97. The molecule has 1 atom stereocenters. The van der Waals surface area contributed by atoms with Crippen molar-refractivity contribution in [3.63, 3.8) is 0 Å². The maximum atomic E-state index is 13.0. The van der Waals surface area contributed by atoms with E-state index in [0.29, 0.717) is 6.42 Å². The lowest BCUT2D eigenvalue weighted by Crippen LogP contribution is -2.01. The smallest absolute Gasteiger partial charge is 0.237 e. The molecule has 2 heteroatoms. The van der Waals surface area contributed by atoms with Gasteiger partial charge in [0.05, 0.1) is 6.26 Å². The molecule has 0 aromatic heterocycles. The summed E-state index contributed by atoms with van der Waals surface area (Å²) in [5.41, 5.74) is 0. The van der Waals surface area contributed by atoms with Crippen molar-refractivity contribution in [1.29, 1.82) is 0 Å². The zero-order valence-corrected chi connectivity index (χ0v) is 8.88. The van der Waals surface area contributed by atoms with Gasteiger partial charge >= 0.3 is 0 Å². The zero-order chi connectivity index (χ0) is 10.1. The average Bonchev–Trinajstić information content (AvgIpc) is 2.20. The first-order chi connectivity index (χ1) is 6.89. The molecule has 0 aromatic rings. The fourth-order valence-corrected chi connectivity index (χ4v) is 1.73. The Hall–Kier alpha value is -0.530. The van der Waals surface area contributed by atoms with Gasteiger partial charge in [0.2, 0.25) is 6.36 Å². The molecule has 0 radical (unpaired) electrons. The van der Waals surface area contributed by atoms with Crippen LogP contribution in [-0.4, -0.2) is 6.36 Å². The Kier molecular flexibility index (Phi) is 6.46. The first-order valence-corrected chi connectivity index (χ1v) is 5.84. The van der Waals surface area contributed by atoms with Crippen LogP contribution in [0.3, 0.4) is 0 Å². The molecule has 0 amide bonds. The highest BCUT2D eigenvalue weighted by atomic mass is 19.1. The largest absolute Gasteiger partial charge is 0.468 e. The molecule has 0 aliphatic carbocycles. The van der Waals surface area contributed by atoms with Gasteiger partial charge in [-0.1, -0.05) is 32.1 Å². The Morgan fingerprint density at radius 1 is 0.929 bits per heavy atom. The Balaban J connectivity index is 2.20. The van der Waals surface area contributed by atoms with Crippen LogP contribution >= 0.6 is 0 Å². The maximum absolute atomic E-state index is 13.0. The van der Waals surface area contributed by atoms with Crippen LogP contribution in [0.2, 0.25) is 0 Å². The van der Waals surface area contributed by atoms with E-state index in [0.717, 1.165) is 19.3 Å². The Labute approximate surface area is 86.3 Å². The van der Waals surface area contributed by atoms with E-state index in [2.05, 4.69) is 0 Å². The topological polar surface area (TPSA) is 9.23 Å². The third-order valence-electron chi connectivity index (χ3n) is 2.62. The number of alkyl halides is 1. The molecule has 0 fully saturated rings. The summed E-state index contributed by atoms with van der Waals surface area (Å²) in [4.78, 5) is 0. The van der Waals surface area contributed by atoms with Crippen molar-refractivity contribution >= 4 is 0 Å². The fourth-order valence-electron chi connectivity index (χ4n) is 1.73. The summed E-state index contributed by atoms with van der Waals surface area (Å²) < 4.78 is 17.9. The Morgan fingerprint density at radius 2 is 1.57 bits per heavy atom. The van der Waals surface area contributed by atoms with E-state index in [1.165, 1.54) is 38.4 Å². The van der Waals surface area contributed by atoms with Crippen molar-refractivity contribution in [2.75, 3.05) is 0 Å². The Bertz CT molecular complexity index is 156. The van der Waals surface area contributed by atoms with Crippen LogP contribution in [0.4, 0.5) is 4.39 Å². The van der Waals surface area contributed by atoms with E-state index in [1.807, 2.05) is 6.08 Å². The van der Waals surface area contributed by atoms with E-state index in [4.69, 9.17) is 4.74 Å². The monoisotopic (exact) mass is 200 g/mol. The summed E-state index contributed by atoms with van der Waals surface area (Å²) in [6, 6.07) is 0.